The topological polar surface area (TPSA) is 0 Å². The molecule has 9 atom stereocenters. The van der Waals surface area contributed by atoms with Crippen molar-refractivity contribution in [3.8, 4) is 0 Å². The Kier molecular flexibility index (Phi) is 5.03. The Balaban J connectivity index is 1.28. The van der Waals surface area contributed by atoms with E-state index in [-0.39, 0.29) is 0 Å². The van der Waals surface area contributed by atoms with Gasteiger partial charge in [-0.2, -0.15) is 0 Å². The zero-order valence-corrected chi connectivity index (χ0v) is 18.9. The smallest absolute Gasteiger partial charge is 0.0148 e. The van der Waals surface area contributed by atoms with Crippen molar-refractivity contribution >= 4 is 15.9 Å². The fourth-order valence-corrected chi connectivity index (χ4v) is 9.94. The van der Waals surface area contributed by atoms with Gasteiger partial charge in [0.2, 0.25) is 0 Å². The Labute approximate surface area is 170 Å². The van der Waals surface area contributed by atoms with Crippen LogP contribution in [0.4, 0.5) is 0 Å². The number of rotatable bonds is 1. The fraction of sp³-hybridized carbons (Fsp3) is 1.00. The highest BCUT2D eigenvalue weighted by molar-refractivity contribution is 9.09. The molecule has 0 heterocycles. The van der Waals surface area contributed by atoms with Crippen LogP contribution < -0.4 is 0 Å². The molecule has 0 aromatic rings. The summed E-state index contributed by atoms with van der Waals surface area (Å²) in [5, 5.41) is 0. The predicted molar refractivity (Wildman–Crippen MR) is 114 cm³/mol. The van der Waals surface area contributed by atoms with Crippen molar-refractivity contribution in [2.75, 3.05) is 0 Å². The molecular weight excluding hydrogens is 380 g/mol. The van der Waals surface area contributed by atoms with Gasteiger partial charge in [-0.1, -0.05) is 42.6 Å². The fourth-order valence-electron chi connectivity index (χ4n) is 9.19. The SMILES string of the molecule is CC1(C)C2CCCCC2C2CCC(C3CCC4CCC(Br)CC4C3)CC21. The molecule has 5 aliphatic rings. The Bertz CT molecular complexity index is 510. The van der Waals surface area contributed by atoms with Crippen LogP contribution in [0, 0.1) is 52.8 Å². The molecule has 0 spiro atoms. The van der Waals surface area contributed by atoms with Gasteiger partial charge in [0.05, 0.1) is 0 Å². The van der Waals surface area contributed by atoms with E-state index in [0.717, 1.165) is 52.2 Å². The molecule has 1 heteroatoms. The molecule has 0 aromatic heterocycles. The van der Waals surface area contributed by atoms with Gasteiger partial charge in [0.15, 0.2) is 0 Å². The molecule has 148 valence electrons. The summed E-state index contributed by atoms with van der Waals surface area (Å²) in [5.41, 5.74) is 0.636. The lowest BCUT2D eigenvalue weighted by Gasteiger charge is -2.47. The number of hydrogen-bond donors (Lipinski definition) is 0. The van der Waals surface area contributed by atoms with Gasteiger partial charge in [-0.05, 0) is 123 Å². The largest absolute Gasteiger partial charge is 0.0891 e. The quantitative estimate of drug-likeness (QED) is 0.378. The predicted octanol–water partition coefficient (Wildman–Crippen LogP) is 7.85. The monoisotopic (exact) mass is 420 g/mol. The summed E-state index contributed by atoms with van der Waals surface area (Å²) in [5.74, 6) is 8.62. The highest BCUT2D eigenvalue weighted by atomic mass is 79.9. The third-order valence-electron chi connectivity index (χ3n) is 10.5. The van der Waals surface area contributed by atoms with Crippen LogP contribution in [0.15, 0.2) is 0 Å². The summed E-state index contributed by atoms with van der Waals surface area (Å²) in [4.78, 5) is 0.829. The number of alkyl halides is 1. The van der Waals surface area contributed by atoms with Crippen LogP contribution in [-0.2, 0) is 0 Å². The lowest BCUT2D eigenvalue weighted by atomic mass is 9.59. The number of halogens is 1. The molecule has 5 aliphatic carbocycles. The van der Waals surface area contributed by atoms with Crippen LogP contribution in [0.25, 0.3) is 0 Å². The van der Waals surface area contributed by atoms with Crippen molar-refractivity contribution in [1.29, 1.82) is 0 Å². The average Bonchev–Trinajstić information content (AvgIpc) is 2.89. The van der Waals surface area contributed by atoms with Gasteiger partial charge in [0.1, 0.15) is 0 Å². The highest BCUT2D eigenvalue weighted by Crippen LogP contribution is 2.64. The van der Waals surface area contributed by atoms with E-state index in [1.165, 1.54) is 32.1 Å². The summed E-state index contributed by atoms with van der Waals surface area (Å²) in [7, 11) is 0. The Hall–Kier alpha value is 0.480. The molecule has 5 saturated carbocycles. The Morgan fingerprint density at radius 3 is 2.12 bits per heavy atom. The molecule has 5 fully saturated rings. The first-order valence-corrected chi connectivity index (χ1v) is 13.1. The summed E-state index contributed by atoms with van der Waals surface area (Å²) >= 11 is 3.95. The van der Waals surface area contributed by atoms with E-state index in [1.807, 2.05) is 0 Å². The number of hydrogen-bond acceptors (Lipinski definition) is 0. The number of fused-ring (bicyclic) bond motifs is 4. The highest BCUT2D eigenvalue weighted by Gasteiger charge is 2.57. The van der Waals surface area contributed by atoms with Gasteiger partial charge in [-0.25, -0.2) is 0 Å². The second-order valence-corrected chi connectivity index (χ2v) is 13.0. The molecule has 26 heavy (non-hydrogen) atoms. The molecule has 0 radical (unpaired) electrons. The molecule has 0 amide bonds. The molecule has 0 nitrogen and oxygen atoms in total. The molecule has 0 aromatic carbocycles. The zero-order chi connectivity index (χ0) is 17.9. The van der Waals surface area contributed by atoms with E-state index >= 15 is 0 Å². The maximum Gasteiger partial charge on any atom is 0.0148 e. The lowest BCUT2D eigenvalue weighted by Crippen LogP contribution is -2.38. The Morgan fingerprint density at radius 2 is 1.23 bits per heavy atom. The third kappa shape index (κ3) is 3.05. The first-order chi connectivity index (χ1) is 12.5. The van der Waals surface area contributed by atoms with Crippen LogP contribution in [-0.4, -0.2) is 4.83 Å². The molecule has 9 unspecified atom stereocenters. The molecule has 0 aliphatic heterocycles. The summed E-state index contributed by atoms with van der Waals surface area (Å²) < 4.78 is 0. The van der Waals surface area contributed by atoms with Gasteiger partial charge in [0.25, 0.3) is 0 Å². The van der Waals surface area contributed by atoms with Gasteiger partial charge >= 0.3 is 0 Å². The van der Waals surface area contributed by atoms with Crippen LogP contribution in [0.2, 0.25) is 0 Å². The first kappa shape index (κ1) is 18.5. The van der Waals surface area contributed by atoms with E-state index in [4.69, 9.17) is 0 Å². The molecular formula is C25H41Br. The maximum absolute atomic E-state index is 3.95. The normalized spacial score (nSPS) is 53.4. The van der Waals surface area contributed by atoms with Crippen molar-refractivity contribution in [2.24, 2.45) is 52.8 Å². The minimum Gasteiger partial charge on any atom is -0.0891 e. The van der Waals surface area contributed by atoms with Gasteiger partial charge in [-0.15, -0.1) is 0 Å². The summed E-state index contributed by atoms with van der Waals surface area (Å²) in [6.07, 6.45) is 20.1. The lowest BCUT2D eigenvalue weighted by molar-refractivity contribution is 0.0396. The van der Waals surface area contributed by atoms with Crippen LogP contribution in [0.3, 0.4) is 0 Å². The van der Waals surface area contributed by atoms with E-state index in [0.29, 0.717) is 5.41 Å². The second kappa shape index (κ2) is 7.07. The minimum atomic E-state index is 0.636. The third-order valence-corrected chi connectivity index (χ3v) is 11.3. The van der Waals surface area contributed by atoms with Gasteiger partial charge < -0.3 is 0 Å². The first-order valence-electron chi connectivity index (χ1n) is 12.2. The van der Waals surface area contributed by atoms with Crippen molar-refractivity contribution in [2.45, 2.75) is 102 Å². The van der Waals surface area contributed by atoms with Gasteiger partial charge in [-0.3, -0.25) is 0 Å². The van der Waals surface area contributed by atoms with E-state index in [9.17, 15) is 0 Å². The molecule has 0 N–H and O–H groups in total. The van der Waals surface area contributed by atoms with Crippen LogP contribution in [0.1, 0.15) is 97.3 Å². The molecule has 0 bridgehead atoms. The maximum atomic E-state index is 3.95. The molecule has 0 saturated heterocycles. The van der Waals surface area contributed by atoms with E-state index < -0.39 is 0 Å². The summed E-state index contributed by atoms with van der Waals surface area (Å²) in [6.45, 7) is 5.35. The van der Waals surface area contributed by atoms with Crippen LogP contribution >= 0.6 is 15.9 Å². The van der Waals surface area contributed by atoms with Crippen molar-refractivity contribution in [3.63, 3.8) is 0 Å². The van der Waals surface area contributed by atoms with Crippen LogP contribution in [0.5, 0.6) is 0 Å². The standard InChI is InChI=1S/C25H41Br/c1-25(2)23-6-4-3-5-21(23)22-12-10-18(15-24(22)25)17-8-7-16-9-11-20(26)14-19(16)13-17/h16-24H,3-15H2,1-2H3. The van der Waals surface area contributed by atoms with Crippen molar-refractivity contribution in [1.82, 2.24) is 0 Å². The van der Waals surface area contributed by atoms with E-state index in [1.54, 1.807) is 51.4 Å². The molecule has 5 rings (SSSR count). The van der Waals surface area contributed by atoms with Gasteiger partial charge in [0, 0.05) is 4.83 Å². The second-order valence-electron chi connectivity index (χ2n) is 11.7. The summed E-state index contributed by atoms with van der Waals surface area (Å²) in [6, 6.07) is 0. The van der Waals surface area contributed by atoms with Crippen molar-refractivity contribution in [3.05, 3.63) is 0 Å². The Morgan fingerprint density at radius 1 is 0.577 bits per heavy atom. The zero-order valence-electron chi connectivity index (χ0n) is 17.3. The van der Waals surface area contributed by atoms with Crippen molar-refractivity contribution < 1.29 is 0 Å². The minimum absolute atomic E-state index is 0.636. The van der Waals surface area contributed by atoms with E-state index in [2.05, 4.69) is 29.8 Å². The average molecular weight is 422 g/mol.